The fourth-order valence-corrected chi connectivity index (χ4v) is 3.34. The number of anilines is 2. The monoisotopic (exact) mass is 383 g/mol. The largest absolute Gasteiger partial charge is 0.367 e. The molecule has 7 nitrogen and oxygen atoms in total. The molecule has 2 aromatic rings. The summed E-state index contributed by atoms with van der Waals surface area (Å²) in [7, 11) is 3.92. The smallest absolute Gasteiger partial charge is 0.246 e. The van der Waals surface area contributed by atoms with Crippen molar-refractivity contribution in [3.8, 4) is 0 Å². The number of benzene rings is 1. The van der Waals surface area contributed by atoms with Gasteiger partial charge in [0.1, 0.15) is 12.4 Å². The van der Waals surface area contributed by atoms with E-state index in [1.807, 2.05) is 55.4 Å². The summed E-state index contributed by atoms with van der Waals surface area (Å²) < 4.78 is 5.51. The molecule has 2 N–H and O–H groups in total. The van der Waals surface area contributed by atoms with Gasteiger partial charge >= 0.3 is 0 Å². The molecule has 0 saturated heterocycles. The Labute approximate surface area is 166 Å². The van der Waals surface area contributed by atoms with Crippen molar-refractivity contribution < 1.29 is 9.53 Å². The Balaban J connectivity index is 1.35. The molecule has 1 aromatic carbocycles. The molecule has 0 unspecified atom stereocenters. The second-order valence-corrected chi connectivity index (χ2v) is 7.37. The van der Waals surface area contributed by atoms with Crippen LogP contribution < -0.4 is 15.5 Å². The molecule has 1 fully saturated rings. The van der Waals surface area contributed by atoms with Gasteiger partial charge in [0.05, 0.1) is 6.61 Å². The normalized spacial score (nSPS) is 19.1. The van der Waals surface area contributed by atoms with Crippen LogP contribution in [-0.2, 0) is 16.1 Å². The predicted octanol–water partition coefficient (Wildman–Crippen LogP) is 2.60. The van der Waals surface area contributed by atoms with Gasteiger partial charge in [-0.1, -0.05) is 30.3 Å². The molecule has 7 heteroatoms. The van der Waals surface area contributed by atoms with E-state index >= 15 is 0 Å². The number of carbonyl (C=O) groups is 1. The molecular formula is C21H29N5O2. The van der Waals surface area contributed by atoms with Crippen molar-refractivity contribution in [2.24, 2.45) is 0 Å². The van der Waals surface area contributed by atoms with E-state index in [1.165, 1.54) is 0 Å². The molecule has 1 amide bonds. The van der Waals surface area contributed by atoms with Crippen LogP contribution >= 0.6 is 0 Å². The number of aromatic nitrogens is 2. The van der Waals surface area contributed by atoms with Gasteiger partial charge in [-0.25, -0.2) is 4.98 Å². The third-order valence-electron chi connectivity index (χ3n) is 4.87. The average Bonchev–Trinajstić information content (AvgIpc) is 2.70. The minimum Gasteiger partial charge on any atom is -0.367 e. The molecule has 1 aromatic heterocycles. The highest BCUT2D eigenvalue weighted by Crippen LogP contribution is 2.21. The van der Waals surface area contributed by atoms with Gasteiger partial charge in [-0.3, -0.25) is 4.79 Å². The first-order valence-electron chi connectivity index (χ1n) is 9.78. The highest BCUT2D eigenvalue weighted by Gasteiger charge is 2.23. The summed E-state index contributed by atoms with van der Waals surface area (Å²) in [5.74, 6) is 1.50. The molecule has 0 bridgehead atoms. The second kappa shape index (κ2) is 10.0. The number of rotatable bonds is 8. The van der Waals surface area contributed by atoms with Crippen molar-refractivity contribution in [1.82, 2.24) is 15.3 Å². The summed E-state index contributed by atoms with van der Waals surface area (Å²) in [6, 6.07) is 12.3. The lowest BCUT2D eigenvalue weighted by Gasteiger charge is -2.29. The molecule has 0 atom stereocenters. The van der Waals surface area contributed by atoms with Gasteiger partial charge in [-0.15, -0.1) is 0 Å². The Morgan fingerprint density at radius 1 is 1.11 bits per heavy atom. The number of carbonyl (C=O) groups excluding carboxylic acids is 1. The van der Waals surface area contributed by atoms with E-state index in [2.05, 4.69) is 20.6 Å². The van der Waals surface area contributed by atoms with Gasteiger partial charge in [-0.05, 0) is 37.3 Å². The zero-order chi connectivity index (χ0) is 19.8. The molecule has 3 rings (SSSR count). The van der Waals surface area contributed by atoms with Crippen molar-refractivity contribution in [2.75, 3.05) is 30.9 Å². The minimum atomic E-state index is -0.0469. The second-order valence-electron chi connectivity index (χ2n) is 7.37. The summed E-state index contributed by atoms with van der Waals surface area (Å²) in [5, 5.41) is 6.50. The average molecular weight is 383 g/mol. The first-order chi connectivity index (χ1) is 13.6. The number of nitrogens with one attached hydrogen (secondary N) is 2. The van der Waals surface area contributed by atoms with Gasteiger partial charge in [0.25, 0.3) is 0 Å². The lowest BCUT2D eigenvalue weighted by Crippen LogP contribution is -2.41. The third kappa shape index (κ3) is 6.20. The molecule has 0 aliphatic heterocycles. The van der Waals surface area contributed by atoms with E-state index in [1.54, 1.807) is 6.20 Å². The highest BCUT2D eigenvalue weighted by atomic mass is 16.5. The quantitative estimate of drug-likeness (QED) is 0.729. The number of ether oxygens (including phenoxy) is 1. The summed E-state index contributed by atoms with van der Waals surface area (Å²) in [5.41, 5.74) is 1.07. The van der Waals surface area contributed by atoms with Gasteiger partial charge in [0.2, 0.25) is 11.9 Å². The first kappa shape index (κ1) is 20.1. The van der Waals surface area contributed by atoms with Crippen LogP contribution in [0.15, 0.2) is 42.6 Å². The molecule has 1 heterocycles. The molecular weight excluding hydrogens is 354 g/mol. The molecule has 0 spiro atoms. The lowest BCUT2D eigenvalue weighted by molar-refractivity contribution is -0.127. The van der Waals surface area contributed by atoms with Crippen LogP contribution in [0.25, 0.3) is 0 Å². The molecule has 150 valence electrons. The third-order valence-corrected chi connectivity index (χ3v) is 4.87. The van der Waals surface area contributed by atoms with Crippen LogP contribution in [0.4, 0.5) is 11.8 Å². The standard InChI is InChI=1S/C21H29N5O2/c1-26(2)19-12-13-22-21(25-19)24-18-10-8-17(9-11-18)23-20(27)15-28-14-16-6-4-3-5-7-16/h3-7,12-13,17-18H,8-11,14-15H2,1-2H3,(H,23,27)(H,22,24,25)/t17-,18+. The molecule has 1 saturated carbocycles. The first-order valence-corrected chi connectivity index (χ1v) is 9.78. The van der Waals surface area contributed by atoms with Crippen molar-refractivity contribution in [2.45, 2.75) is 44.4 Å². The van der Waals surface area contributed by atoms with Crippen molar-refractivity contribution >= 4 is 17.7 Å². The maximum Gasteiger partial charge on any atom is 0.246 e. The molecule has 1 aliphatic rings. The zero-order valence-corrected chi connectivity index (χ0v) is 16.6. The number of amides is 1. The van der Waals surface area contributed by atoms with Crippen LogP contribution in [0.5, 0.6) is 0 Å². The Bertz CT molecular complexity index is 745. The minimum absolute atomic E-state index is 0.0469. The predicted molar refractivity (Wildman–Crippen MR) is 110 cm³/mol. The fourth-order valence-electron chi connectivity index (χ4n) is 3.34. The number of nitrogens with zero attached hydrogens (tertiary/aromatic N) is 3. The van der Waals surface area contributed by atoms with E-state index in [9.17, 15) is 4.79 Å². The Morgan fingerprint density at radius 2 is 1.82 bits per heavy atom. The van der Waals surface area contributed by atoms with Crippen LogP contribution in [0.3, 0.4) is 0 Å². The van der Waals surface area contributed by atoms with Gasteiger partial charge in [0, 0.05) is 32.4 Å². The summed E-state index contributed by atoms with van der Waals surface area (Å²) in [6.45, 7) is 0.551. The van der Waals surface area contributed by atoms with Crippen LogP contribution in [-0.4, -0.2) is 48.7 Å². The maximum atomic E-state index is 12.1. The highest BCUT2D eigenvalue weighted by molar-refractivity contribution is 5.77. The van der Waals surface area contributed by atoms with E-state index in [-0.39, 0.29) is 18.6 Å². The Hall–Kier alpha value is -2.67. The van der Waals surface area contributed by atoms with Gasteiger partial charge < -0.3 is 20.3 Å². The molecule has 1 aliphatic carbocycles. The van der Waals surface area contributed by atoms with E-state index < -0.39 is 0 Å². The van der Waals surface area contributed by atoms with E-state index in [0.717, 1.165) is 37.1 Å². The van der Waals surface area contributed by atoms with Crippen LogP contribution in [0.1, 0.15) is 31.2 Å². The van der Waals surface area contributed by atoms with Crippen LogP contribution in [0, 0.1) is 0 Å². The van der Waals surface area contributed by atoms with Crippen molar-refractivity contribution in [3.63, 3.8) is 0 Å². The Morgan fingerprint density at radius 3 is 2.54 bits per heavy atom. The van der Waals surface area contributed by atoms with Gasteiger partial charge in [0.15, 0.2) is 0 Å². The Kier molecular flexibility index (Phi) is 7.19. The SMILES string of the molecule is CN(C)c1ccnc(N[C@H]2CC[C@@H](NC(=O)COCc3ccccc3)CC2)n1. The summed E-state index contributed by atoms with van der Waals surface area (Å²) >= 11 is 0. The van der Waals surface area contributed by atoms with Gasteiger partial charge in [-0.2, -0.15) is 4.98 Å². The van der Waals surface area contributed by atoms with E-state index in [0.29, 0.717) is 18.6 Å². The number of hydrogen-bond acceptors (Lipinski definition) is 6. The fraction of sp³-hybridized carbons (Fsp3) is 0.476. The van der Waals surface area contributed by atoms with E-state index in [4.69, 9.17) is 4.74 Å². The zero-order valence-electron chi connectivity index (χ0n) is 16.6. The summed E-state index contributed by atoms with van der Waals surface area (Å²) in [4.78, 5) is 22.9. The number of hydrogen-bond donors (Lipinski definition) is 2. The van der Waals surface area contributed by atoms with Crippen LogP contribution in [0.2, 0.25) is 0 Å². The maximum absolute atomic E-state index is 12.1. The topological polar surface area (TPSA) is 79.4 Å². The lowest BCUT2D eigenvalue weighted by atomic mass is 9.91. The molecule has 28 heavy (non-hydrogen) atoms. The molecule has 0 radical (unpaired) electrons. The summed E-state index contributed by atoms with van der Waals surface area (Å²) in [6.07, 6.45) is 5.60. The van der Waals surface area contributed by atoms with Crippen molar-refractivity contribution in [3.05, 3.63) is 48.2 Å². The van der Waals surface area contributed by atoms with Crippen molar-refractivity contribution in [1.29, 1.82) is 0 Å².